The van der Waals surface area contributed by atoms with E-state index >= 15 is 0 Å². The second-order valence-corrected chi connectivity index (χ2v) is 8.69. The number of nitrogens with one attached hydrogen (secondary N) is 1. The molecule has 2 aliphatic heterocycles. The molecule has 3 aromatic rings. The number of rotatable bonds is 4. The summed E-state index contributed by atoms with van der Waals surface area (Å²) < 4.78 is 7.54. The molecule has 0 unspecified atom stereocenters. The first-order chi connectivity index (χ1) is 14.2. The molecule has 1 N–H and O–H groups in total. The van der Waals surface area contributed by atoms with Crippen molar-refractivity contribution in [3.63, 3.8) is 0 Å². The highest BCUT2D eigenvalue weighted by Gasteiger charge is 2.30. The zero-order valence-corrected chi connectivity index (χ0v) is 19.8. The van der Waals surface area contributed by atoms with E-state index in [1.807, 2.05) is 10.7 Å². The summed E-state index contributed by atoms with van der Waals surface area (Å²) in [7, 11) is 0. The van der Waals surface area contributed by atoms with Gasteiger partial charge in [-0.2, -0.15) is 14.8 Å². The molecule has 0 radical (unpaired) electrons. The zero-order valence-electron chi connectivity index (χ0n) is 18.2. The van der Waals surface area contributed by atoms with Crippen molar-refractivity contribution < 1.29 is 4.52 Å². The molecule has 2 aromatic heterocycles. The van der Waals surface area contributed by atoms with Crippen LogP contribution in [0.1, 0.15) is 63.0 Å². The Hall–Kier alpha value is -1.67. The molecule has 2 saturated heterocycles. The summed E-state index contributed by atoms with van der Waals surface area (Å²) in [6.07, 6.45) is 4.70. The van der Waals surface area contributed by atoms with Crippen molar-refractivity contribution in [2.24, 2.45) is 0 Å². The standard InChI is InChI=1S/C22H30N6O.2ClH/c1-15(2)20-18-5-3-4-6-19(18)28(25-20)22-24-21(29-26-22)16-9-13-27(14-10-16)17-7-11-23-12-8-17;;/h3-6,15-17,23H,7-14H2,1-2H3;2*1H. The van der Waals surface area contributed by atoms with Crippen LogP contribution >= 0.6 is 24.8 Å². The SMILES string of the molecule is CC(C)c1nn(-c2noc(C3CCN(C4CCNCC4)CC3)n2)c2ccccc12.Cl.Cl. The van der Waals surface area contributed by atoms with Gasteiger partial charge < -0.3 is 14.7 Å². The van der Waals surface area contributed by atoms with Gasteiger partial charge in [0.05, 0.1) is 11.2 Å². The van der Waals surface area contributed by atoms with Crippen molar-refractivity contribution in [3.05, 3.63) is 35.9 Å². The lowest BCUT2D eigenvalue weighted by Gasteiger charge is -2.38. The van der Waals surface area contributed by atoms with Gasteiger partial charge in [0.2, 0.25) is 5.89 Å². The Bertz CT molecular complexity index is 973. The number of hydrogen-bond donors (Lipinski definition) is 1. The Morgan fingerprint density at radius 1 is 1.03 bits per heavy atom. The molecule has 2 fully saturated rings. The summed E-state index contributed by atoms with van der Waals surface area (Å²) >= 11 is 0. The minimum absolute atomic E-state index is 0. The Labute approximate surface area is 195 Å². The third-order valence-electron chi connectivity index (χ3n) is 6.49. The number of fused-ring (bicyclic) bond motifs is 1. The van der Waals surface area contributed by atoms with E-state index in [1.54, 1.807) is 0 Å². The van der Waals surface area contributed by atoms with Gasteiger partial charge >= 0.3 is 0 Å². The smallest absolute Gasteiger partial charge is 0.291 e. The van der Waals surface area contributed by atoms with Crippen molar-refractivity contribution in [1.82, 2.24) is 30.1 Å². The molecule has 0 bridgehead atoms. The van der Waals surface area contributed by atoms with E-state index in [2.05, 4.69) is 47.4 Å². The van der Waals surface area contributed by atoms with Gasteiger partial charge in [0, 0.05) is 17.3 Å². The minimum Gasteiger partial charge on any atom is -0.337 e. The molecule has 0 amide bonds. The van der Waals surface area contributed by atoms with Crippen molar-refractivity contribution in [2.45, 2.75) is 57.4 Å². The third kappa shape index (κ3) is 4.75. The molecule has 170 valence electrons. The largest absolute Gasteiger partial charge is 0.337 e. The molecular weight excluding hydrogens is 435 g/mol. The van der Waals surface area contributed by atoms with E-state index in [-0.39, 0.29) is 24.8 Å². The normalized spacial score (nSPS) is 18.8. The number of nitrogens with zero attached hydrogens (tertiary/aromatic N) is 5. The fourth-order valence-electron chi connectivity index (χ4n) is 4.83. The van der Waals surface area contributed by atoms with Crippen LogP contribution < -0.4 is 5.32 Å². The average Bonchev–Trinajstić information content (AvgIpc) is 3.40. The van der Waals surface area contributed by atoms with Gasteiger partial charge in [-0.05, 0) is 69.0 Å². The first-order valence-electron chi connectivity index (χ1n) is 11.0. The summed E-state index contributed by atoms with van der Waals surface area (Å²) in [6.45, 7) is 8.86. The Balaban J connectivity index is 0.00000136. The summed E-state index contributed by atoms with van der Waals surface area (Å²) in [5.41, 5.74) is 2.10. The van der Waals surface area contributed by atoms with E-state index in [0.29, 0.717) is 17.8 Å². The number of hydrogen-bond acceptors (Lipinski definition) is 6. The second-order valence-electron chi connectivity index (χ2n) is 8.69. The number of aromatic nitrogens is 4. The number of para-hydroxylation sites is 1. The molecule has 1 aromatic carbocycles. The predicted molar refractivity (Wildman–Crippen MR) is 127 cm³/mol. The summed E-state index contributed by atoms with van der Waals surface area (Å²) in [5, 5.41) is 13.7. The molecule has 0 atom stereocenters. The highest BCUT2D eigenvalue weighted by atomic mass is 35.5. The van der Waals surface area contributed by atoms with Crippen molar-refractivity contribution >= 4 is 35.7 Å². The van der Waals surface area contributed by atoms with Crippen molar-refractivity contribution in [2.75, 3.05) is 26.2 Å². The van der Waals surface area contributed by atoms with Gasteiger partial charge in [-0.3, -0.25) is 0 Å². The topological polar surface area (TPSA) is 72.0 Å². The lowest BCUT2D eigenvalue weighted by atomic mass is 9.94. The van der Waals surface area contributed by atoms with Gasteiger partial charge in [-0.1, -0.05) is 32.0 Å². The number of piperidine rings is 2. The van der Waals surface area contributed by atoms with E-state index in [9.17, 15) is 0 Å². The second kappa shape index (κ2) is 10.3. The van der Waals surface area contributed by atoms with Gasteiger partial charge in [-0.25, -0.2) is 0 Å². The Kier molecular flexibility index (Phi) is 7.97. The van der Waals surface area contributed by atoms with Crippen LogP contribution in [0.5, 0.6) is 0 Å². The van der Waals surface area contributed by atoms with Crippen LogP contribution in [0.2, 0.25) is 0 Å². The van der Waals surface area contributed by atoms with E-state index in [1.165, 1.54) is 12.8 Å². The molecule has 0 aliphatic carbocycles. The molecule has 7 nitrogen and oxygen atoms in total. The van der Waals surface area contributed by atoms with Gasteiger partial charge in [0.25, 0.3) is 5.95 Å². The molecule has 2 aliphatic rings. The number of benzene rings is 1. The van der Waals surface area contributed by atoms with Crippen LogP contribution in [0, 0.1) is 0 Å². The first kappa shape index (κ1) is 24.0. The number of likely N-dealkylation sites (tertiary alicyclic amines) is 1. The fourth-order valence-corrected chi connectivity index (χ4v) is 4.83. The number of halogens is 2. The van der Waals surface area contributed by atoms with Crippen molar-refractivity contribution in [1.29, 1.82) is 0 Å². The van der Waals surface area contributed by atoms with Crippen LogP contribution in [0.3, 0.4) is 0 Å². The van der Waals surface area contributed by atoms with Crippen molar-refractivity contribution in [3.8, 4) is 5.95 Å². The van der Waals surface area contributed by atoms with Crippen LogP contribution in [-0.2, 0) is 0 Å². The average molecular weight is 467 g/mol. The molecule has 9 heteroatoms. The maximum absolute atomic E-state index is 5.71. The van der Waals surface area contributed by atoms with Crippen LogP contribution in [0.25, 0.3) is 16.9 Å². The lowest BCUT2D eigenvalue weighted by molar-refractivity contribution is 0.120. The molecule has 0 saturated carbocycles. The molecule has 31 heavy (non-hydrogen) atoms. The minimum atomic E-state index is 0. The third-order valence-corrected chi connectivity index (χ3v) is 6.49. The first-order valence-corrected chi connectivity index (χ1v) is 11.0. The maximum atomic E-state index is 5.71. The van der Waals surface area contributed by atoms with E-state index < -0.39 is 0 Å². The molecule has 0 spiro atoms. The summed E-state index contributed by atoms with van der Waals surface area (Å²) in [4.78, 5) is 7.42. The van der Waals surface area contributed by atoms with Crippen LogP contribution in [-0.4, -0.2) is 57.0 Å². The lowest BCUT2D eigenvalue weighted by Crippen LogP contribution is -2.46. The van der Waals surface area contributed by atoms with Gasteiger partial charge in [-0.15, -0.1) is 24.8 Å². The zero-order chi connectivity index (χ0) is 19.8. The van der Waals surface area contributed by atoms with Crippen LogP contribution in [0.4, 0.5) is 0 Å². The van der Waals surface area contributed by atoms with Crippen LogP contribution in [0.15, 0.2) is 28.8 Å². The highest BCUT2D eigenvalue weighted by molar-refractivity contribution is 5.85. The Morgan fingerprint density at radius 3 is 2.45 bits per heavy atom. The van der Waals surface area contributed by atoms with E-state index in [4.69, 9.17) is 14.6 Å². The summed E-state index contributed by atoms with van der Waals surface area (Å²) in [5.74, 6) is 1.99. The maximum Gasteiger partial charge on any atom is 0.291 e. The fraction of sp³-hybridized carbons (Fsp3) is 0.591. The van der Waals surface area contributed by atoms with Gasteiger partial charge in [0.1, 0.15) is 0 Å². The summed E-state index contributed by atoms with van der Waals surface area (Å²) in [6, 6.07) is 9.01. The van der Waals surface area contributed by atoms with E-state index in [0.717, 1.165) is 67.6 Å². The Morgan fingerprint density at radius 2 is 1.74 bits per heavy atom. The quantitative estimate of drug-likeness (QED) is 0.617. The predicted octanol–water partition coefficient (Wildman–Crippen LogP) is 4.31. The molecule has 4 heterocycles. The monoisotopic (exact) mass is 466 g/mol. The molecule has 5 rings (SSSR count). The highest BCUT2D eigenvalue weighted by Crippen LogP contribution is 2.31. The van der Waals surface area contributed by atoms with Gasteiger partial charge in [0.15, 0.2) is 0 Å². The molecular formula is C22H32Cl2N6O.